The fraction of sp³-hybridized carbons (Fsp3) is 1.00. The molecule has 0 saturated heterocycles. The molecule has 0 atom stereocenters. The highest BCUT2D eigenvalue weighted by molar-refractivity contribution is 6.70. The van der Waals surface area contributed by atoms with Gasteiger partial charge in [0.2, 0.25) is 0 Å². The topological polar surface area (TPSA) is 18.5 Å². The molecule has 0 heterocycles. The van der Waals surface area contributed by atoms with E-state index in [1.54, 1.807) is 0 Å². The van der Waals surface area contributed by atoms with E-state index in [4.69, 9.17) is 8.85 Å². The van der Waals surface area contributed by atoms with Crippen LogP contribution in [-0.4, -0.2) is 22.8 Å². The Kier molecular flexibility index (Phi) is 4.01. The summed E-state index contributed by atoms with van der Waals surface area (Å²) in [6, 6.07) is 1.18. The van der Waals surface area contributed by atoms with Crippen molar-refractivity contribution in [3.8, 4) is 0 Å². The maximum Gasteiger partial charge on any atom is 0.344 e. The van der Waals surface area contributed by atoms with Crippen LogP contribution < -0.4 is 0 Å². The number of fused-ring (bicyclic) bond motifs is 2. The predicted octanol–water partition coefficient (Wildman–Crippen LogP) is 4.10. The fourth-order valence-electron chi connectivity index (χ4n) is 4.19. The van der Waals surface area contributed by atoms with Crippen molar-refractivity contribution in [2.24, 2.45) is 11.8 Å². The molecule has 2 aliphatic rings. The summed E-state index contributed by atoms with van der Waals surface area (Å²) in [6.07, 6.45) is 8.21. The normalized spacial score (nSPS) is 32.6. The summed E-state index contributed by atoms with van der Waals surface area (Å²) < 4.78 is 12.1. The first-order valence-electron chi connectivity index (χ1n) is 7.18. The minimum Gasteiger partial charge on any atom is -0.397 e. The van der Waals surface area contributed by atoms with Gasteiger partial charge in [-0.15, -0.1) is 0 Å². The van der Waals surface area contributed by atoms with Crippen molar-refractivity contribution in [1.82, 2.24) is 0 Å². The van der Waals surface area contributed by atoms with Gasteiger partial charge >= 0.3 is 8.56 Å². The molecule has 0 aromatic rings. The summed E-state index contributed by atoms with van der Waals surface area (Å²) in [5.74, 6) is 1.73. The lowest BCUT2D eigenvalue weighted by Gasteiger charge is -2.43. The van der Waals surface area contributed by atoms with E-state index < -0.39 is 8.56 Å². The molecular weight excluding hydrogens is 228 g/mol. The van der Waals surface area contributed by atoms with Crippen molar-refractivity contribution in [1.29, 1.82) is 0 Å². The maximum atomic E-state index is 6.06. The summed E-state index contributed by atoms with van der Waals surface area (Å²) in [4.78, 5) is 0. The molecule has 0 aliphatic heterocycles. The lowest BCUT2D eigenvalue weighted by molar-refractivity contribution is 0.197. The summed E-state index contributed by atoms with van der Waals surface area (Å²) >= 11 is 0. The van der Waals surface area contributed by atoms with Crippen LogP contribution in [0, 0.1) is 11.8 Å². The molecule has 2 nitrogen and oxygen atoms in total. The molecule has 0 N–H and O–H groups in total. The molecule has 0 aromatic heterocycles. The van der Waals surface area contributed by atoms with Crippen molar-refractivity contribution in [2.75, 3.05) is 14.2 Å². The summed E-state index contributed by atoms with van der Waals surface area (Å²) in [5, 5.41) is 0.454. The molecule has 0 aromatic carbocycles. The van der Waals surface area contributed by atoms with Crippen LogP contribution in [0.15, 0.2) is 0 Å². The smallest absolute Gasteiger partial charge is 0.344 e. The second-order valence-electron chi connectivity index (χ2n) is 6.52. The first kappa shape index (κ1) is 13.6. The Morgan fingerprint density at radius 1 is 1.18 bits per heavy atom. The van der Waals surface area contributed by atoms with Crippen LogP contribution in [0.1, 0.15) is 52.4 Å². The zero-order valence-corrected chi connectivity index (χ0v) is 12.9. The third kappa shape index (κ3) is 2.22. The quantitative estimate of drug-likeness (QED) is 0.666. The average Bonchev–Trinajstić information content (AvgIpc) is 2.92. The maximum absolute atomic E-state index is 6.06. The monoisotopic (exact) mass is 256 g/mol. The molecule has 0 radical (unpaired) electrons. The highest BCUT2D eigenvalue weighted by Crippen LogP contribution is 2.65. The summed E-state index contributed by atoms with van der Waals surface area (Å²) in [5.41, 5.74) is 0. The molecule has 100 valence electrons. The zero-order valence-electron chi connectivity index (χ0n) is 11.9. The Balaban J connectivity index is 2.15. The van der Waals surface area contributed by atoms with Crippen LogP contribution in [0.4, 0.5) is 0 Å². The van der Waals surface area contributed by atoms with Gasteiger partial charge in [0.05, 0.1) is 0 Å². The molecule has 0 unspecified atom stereocenters. The molecule has 2 rings (SSSR count). The van der Waals surface area contributed by atoms with Gasteiger partial charge in [0.25, 0.3) is 0 Å². The Hall–Kier alpha value is 0.137. The molecule has 17 heavy (non-hydrogen) atoms. The van der Waals surface area contributed by atoms with Crippen LogP contribution in [0.5, 0.6) is 0 Å². The highest BCUT2D eigenvalue weighted by Gasteiger charge is 2.61. The molecule has 0 spiro atoms. The number of rotatable bonds is 6. The standard InChI is InChI=1S/C14H28O2Si/c1-12(2)7-10-17(15-3,16-4)14-8-5-13(11-14)6-9-14/h12-13H,5-11H2,1-4H3. The van der Waals surface area contributed by atoms with Crippen molar-refractivity contribution in [3.63, 3.8) is 0 Å². The van der Waals surface area contributed by atoms with E-state index in [0.717, 1.165) is 11.8 Å². The van der Waals surface area contributed by atoms with E-state index in [0.29, 0.717) is 5.04 Å². The minimum atomic E-state index is -1.98. The molecule has 2 saturated carbocycles. The van der Waals surface area contributed by atoms with E-state index in [1.807, 2.05) is 14.2 Å². The van der Waals surface area contributed by atoms with Gasteiger partial charge in [-0.1, -0.05) is 26.7 Å². The van der Waals surface area contributed by atoms with Crippen LogP contribution >= 0.6 is 0 Å². The second kappa shape index (κ2) is 5.02. The van der Waals surface area contributed by atoms with Gasteiger partial charge in [0, 0.05) is 19.3 Å². The van der Waals surface area contributed by atoms with E-state index in [1.165, 1.54) is 44.6 Å². The second-order valence-corrected chi connectivity index (χ2v) is 10.4. The molecule has 3 heteroatoms. The Bertz CT molecular complexity index is 253. The van der Waals surface area contributed by atoms with Gasteiger partial charge in [0.15, 0.2) is 0 Å². The molecule has 0 amide bonds. The minimum absolute atomic E-state index is 0.454. The van der Waals surface area contributed by atoms with Crippen LogP contribution in [0.25, 0.3) is 0 Å². The summed E-state index contributed by atoms with van der Waals surface area (Å²) in [6.45, 7) is 4.60. The van der Waals surface area contributed by atoms with Gasteiger partial charge < -0.3 is 8.85 Å². The van der Waals surface area contributed by atoms with Gasteiger partial charge in [-0.3, -0.25) is 0 Å². The van der Waals surface area contributed by atoms with Crippen LogP contribution in [0.3, 0.4) is 0 Å². The molecule has 2 aliphatic carbocycles. The fourth-order valence-corrected chi connectivity index (χ4v) is 8.77. The van der Waals surface area contributed by atoms with Crippen molar-refractivity contribution < 1.29 is 8.85 Å². The lowest BCUT2D eigenvalue weighted by atomic mass is 10.0. The SMILES string of the molecule is CO[Si](CCC(C)C)(OC)C12CCC(CC1)C2. The van der Waals surface area contributed by atoms with E-state index in [-0.39, 0.29) is 0 Å². The summed E-state index contributed by atoms with van der Waals surface area (Å²) in [7, 11) is 1.82. The molecule has 2 fully saturated rings. The largest absolute Gasteiger partial charge is 0.397 e. The third-order valence-electron chi connectivity index (χ3n) is 5.26. The van der Waals surface area contributed by atoms with Gasteiger partial charge in [0.1, 0.15) is 0 Å². The van der Waals surface area contributed by atoms with E-state index in [9.17, 15) is 0 Å². The number of hydrogen-bond acceptors (Lipinski definition) is 2. The molecular formula is C14H28O2Si. The first-order valence-corrected chi connectivity index (χ1v) is 9.20. The third-order valence-corrected chi connectivity index (χ3v) is 9.85. The van der Waals surface area contributed by atoms with Crippen molar-refractivity contribution >= 4 is 8.56 Å². The van der Waals surface area contributed by atoms with Crippen molar-refractivity contribution in [2.45, 2.75) is 63.5 Å². The Labute approximate surface area is 107 Å². The zero-order chi connectivity index (χ0) is 12.5. The van der Waals surface area contributed by atoms with Gasteiger partial charge in [-0.05, 0) is 43.6 Å². The number of hydrogen-bond donors (Lipinski definition) is 0. The molecule has 2 bridgehead atoms. The van der Waals surface area contributed by atoms with E-state index in [2.05, 4.69) is 13.8 Å². The lowest BCUT2D eigenvalue weighted by Crippen LogP contribution is -2.51. The van der Waals surface area contributed by atoms with Crippen LogP contribution in [-0.2, 0) is 8.85 Å². The predicted molar refractivity (Wildman–Crippen MR) is 73.3 cm³/mol. The first-order chi connectivity index (χ1) is 8.07. The Morgan fingerprint density at radius 2 is 1.76 bits per heavy atom. The van der Waals surface area contributed by atoms with Crippen molar-refractivity contribution in [3.05, 3.63) is 0 Å². The Morgan fingerprint density at radius 3 is 2.12 bits per heavy atom. The van der Waals surface area contributed by atoms with Crippen LogP contribution in [0.2, 0.25) is 11.1 Å². The van der Waals surface area contributed by atoms with Gasteiger partial charge in [-0.2, -0.15) is 0 Å². The highest BCUT2D eigenvalue weighted by atomic mass is 28.4. The average molecular weight is 256 g/mol. The van der Waals surface area contributed by atoms with Gasteiger partial charge in [-0.25, -0.2) is 0 Å². The van der Waals surface area contributed by atoms with E-state index >= 15 is 0 Å².